The molecule has 3 nitrogen and oxygen atoms in total. The minimum absolute atomic E-state index is 0.278. The van der Waals surface area contributed by atoms with Gasteiger partial charge in [0, 0.05) is 0 Å². The number of hydrogen-bond acceptors (Lipinski definition) is 3. The Labute approximate surface area is 113 Å². The van der Waals surface area contributed by atoms with E-state index < -0.39 is 0 Å². The molecule has 0 atom stereocenters. The van der Waals surface area contributed by atoms with E-state index in [0.29, 0.717) is 0 Å². The monoisotopic (exact) mass is 257 g/mol. The summed E-state index contributed by atoms with van der Waals surface area (Å²) >= 11 is 0. The van der Waals surface area contributed by atoms with Crippen molar-refractivity contribution in [3.05, 3.63) is 54.1 Å². The molecular weight excluding hydrogens is 238 g/mol. The van der Waals surface area contributed by atoms with Gasteiger partial charge in [-0.3, -0.25) is 0 Å². The molecule has 0 spiro atoms. The average molecular weight is 257 g/mol. The van der Waals surface area contributed by atoms with Gasteiger partial charge >= 0.3 is 0 Å². The van der Waals surface area contributed by atoms with E-state index in [9.17, 15) is 5.11 Å². The molecular formula is C16H19NO2. The zero-order valence-corrected chi connectivity index (χ0v) is 11.1. The molecule has 0 aliphatic rings. The Morgan fingerprint density at radius 2 is 1.89 bits per heavy atom. The molecule has 0 fully saturated rings. The molecule has 2 N–H and O–H groups in total. The van der Waals surface area contributed by atoms with Crippen molar-refractivity contribution in [3.8, 4) is 17.2 Å². The van der Waals surface area contributed by atoms with Crippen LogP contribution in [0.25, 0.3) is 0 Å². The summed E-state index contributed by atoms with van der Waals surface area (Å²) in [6, 6.07) is 14.9. The number of aryl methyl sites for hydroxylation is 1. The summed E-state index contributed by atoms with van der Waals surface area (Å²) in [7, 11) is 1.93. The SMILES string of the molecule is CNCCCc1cc(O)ccc1Oc1ccccc1. The summed E-state index contributed by atoms with van der Waals surface area (Å²) in [6.07, 6.45) is 1.88. The third-order valence-electron chi connectivity index (χ3n) is 2.89. The molecule has 0 saturated heterocycles. The molecule has 0 aliphatic heterocycles. The third kappa shape index (κ3) is 4.00. The first-order valence-electron chi connectivity index (χ1n) is 6.49. The van der Waals surface area contributed by atoms with Crippen molar-refractivity contribution in [2.45, 2.75) is 12.8 Å². The number of phenolic OH excluding ortho intramolecular Hbond substituents is 1. The lowest BCUT2D eigenvalue weighted by Crippen LogP contribution is -2.08. The molecule has 0 bridgehead atoms. The van der Waals surface area contributed by atoms with Crippen molar-refractivity contribution in [1.82, 2.24) is 5.32 Å². The molecule has 0 heterocycles. The highest BCUT2D eigenvalue weighted by Gasteiger charge is 2.06. The van der Waals surface area contributed by atoms with Gasteiger partial charge in [-0.1, -0.05) is 18.2 Å². The van der Waals surface area contributed by atoms with E-state index in [0.717, 1.165) is 36.4 Å². The van der Waals surface area contributed by atoms with Gasteiger partial charge in [0.2, 0.25) is 0 Å². The second-order valence-electron chi connectivity index (χ2n) is 4.41. The van der Waals surface area contributed by atoms with Crippen molar-refractivity contribution in [2.24, 2.45) is 0 Å². The Bertz CT molecular complexity index is 511. The fraction of sp³-hybridized carbons (Fsp3) is 0.250. The van der Waals surface area contributed by atoms with Gasteiger partial charge < -0.3 is 15.2 Å². The quantitative estimate of drug-likeness (QED) is 0.780. The van der Waals surface area contributed by atoms with Crippen LogP contribution in [0, 0.1) is 0 Å². The van der Waals surface area contributed by atoms with Crippen LogP contribution < -0.4 is 10.1 Å². The number of benzene rings is 2. The Morgan fingerprint density at radius 3 is 2.63 bits per heavy atom. The van der Waals surface area contributed by atoms with Gasteiger partial charge in [-0.25, -0.2) is 0 Å². The largest absolute Gasteiger partial charge is 0.508 e. The van der Waals surface area contributed by atoms with E-state index in [-0.39, 0.29) is 5.75 Å². The number of nitrogens with one attached hydrogen (secondary N) is 1. The van der Waals surface area contributed by atoms with E-state index in [1.807, 2.05) is 43.4 Å². The maximum atomic E-state index is 9.59. The van der Waals surface area contributed by atoms with Crippen LogP contribution in [0.1, 0.15) is 12.0 Å². The van der Waals surface area contributed by atoms with E-state index in [2.05, 4.69) is 5.32 Å². The molecule has 2 rings (SSSR count). The van der Waals surface area contributed by atoms with Crippen LogP contribution >= 0.6 is 0 Å². The smallest absolute Gasteiger partial charge is 0.130 e. The Kier molecular flexibility index (Phi) is 4.81. The van der Waals surface area contributed by atoms with Crippen molar-refractivity contribution in [2.75, 3.05) is 13.6 Å². The molecule has 19 heavy (non-hydrogen) atoms. The molecule has 0 unspecified atom stereocenters. The summed E-state index contributed by atoms with van der Waals surface area (Å²) < 4.78 is 5.86. The lowest BCUT2D eigenvalue weighted by atomic mass is 10.1. The van der Waals surface area contributed by atoms with Crippen LogP contribution in [0.4, 0.5) is 0 Å². The van der Waals surface area contributed by atoms with Crippen molar-refractivity contribution >= 4 is 0 Å². The van der Waals surface area contributed by atoms with Crippen LogP contribution in [-0.4, -0.2) is 18.7 Å². The highest BCUT2D eigenvalue weighted by Crippen LogP contribution is 2.29. The Morgan fingerprint density at radius 1 is 1.11 bits per heavy atom. The number of rotatable bonds is 6. The number of aromatic hydroxyl groups is 1. The lowest BCUT2D eigenvalue weighted by molar-refractivity contribution is 0.458. The molecule has 0 radical (unpaired) electrons. The fourth-order valence-corrected chi connectivity index (χ4v) is 1.93. The first-order chi connectivity index (χ1) is 9.29. The summed E-state index contributed by atoms with van der Waals surface area (Å²) in [6.45, 7) is 0.945. The first kappa shape index (κ1) is 13.4. The van der Waals surface area contributed by atoms with Gasteiger partial charge in [-0.2, -0.15) is 0 Å². The zero-order chi connectivity index (χ0) is 13.5. The van der Waals surface area contributed by atoms with Crippen molar-refractivity contribution in [3.63, 3.8) is 0 Å². The number of hydrogen-bond donors (Lipinski definition) is 2. The van der Waals surface area contributed by atoms with Crippen LogP contribution in [0.3, 0.4) is 0 Å². The number of phenols is 1. The van der Waals surface area contributed by atoms with E-state index in [4.69, 9.17) is 4.74 Å². The van der Waals surface area contributed by atoms with E-state index in [1.165, 1.54) is 0 Å². The highest BCUT2D eigenvalue weighted by molar-refractivity contribution is 5.42. The van der Waals surface area contributed by atoms with Gasteiger partial charge in [-0.05, 0) is 62.3 Å². The van der Waals surface area contributed by atoms with Gasteiger partial charge in [0.05, 0.1) is 0 Å². The maximum Gasteiger partial charge on any atom is 0.130 e. The molecule has 100 valence electrons. The normalized spacial score (nSPS) is 10.4. The molecule has 0 saturated carbocycles. The van der Waals surface area contributed by atoms with Crippen molar-refractivity contribution < 1.29 is 9.84 Å². The van der Waals surface area contributed by atoms with Crippen LogP contribution in [0.5, 0.6) is 17.2 Å². The second-order valence-corrected chi connectivity index (χ2v) is 4.41. The summed E-state index contributed by atoms with van der Waals surface area (Å²) in [5.74, 6) is 1.89. The zero-order valence-electron chi connectivity index (χ0n) is 11.1. The molecule has 0 aromatic heterocycles. The lowest BCUT2D eigenvalue weighted by Gasteiger charge is -2.11. The average Bonchev–Trinajstić information content (AvgIpc) is 2.43. The van der Waals surface area contributed by atoms with Crippen LogP contribution in [-0.2, 0) is 6.42 Å². The van der Waals surface area contributed by atoms with Crippen LogP contribution in [0.15, 0.2) is 48.5 Å². The summed E-state index contributed by atoms with van der Waals surface area (Å²) in [4.78, 5) is 0. The predicted molar refractivity (Wildman–Crippen MR) is 76.9 cm³/mol. The highest BCUT2D eigenvalue weighted by atomic mass is 16.5. The molecule has 2 aromatic rings. The fourth-order valence-electron chi connectivity index (χ4n) is 1.93. The standard InChI is InChI=1S/C16H19NO2/c1-17-11-5-6-13-12-14(18)9-10-16(13)19-15-7-3-2-4-8-15/h2-4,7-10,12,17-18H,5-6,11H2,1H3. The maximum absolute atomic E-state index is 9.59. The van der Waals surface area contributed by atoms with Crippen molar-refractivity contribution in [1.29, 1.82) is 0 Å². The van der Waals surface area contributed by atoms with Crippen LogP contribution in [0.2, 0.25) is 0 Å². The second kappa shape index (κ2) is 6.81. The molecule has 0 amide bonds. The van der Waals surface area contributed by atoms with E-state index in [1.54, 1.807) is 12.1 Å². The third-order valence-corrected chi connectivity index (χ3v) is 2.89. The molecule has 0 aliphatic carbocycles. The first-order valence-corrected chi connectivity index (χ1v) is 6.49. The van der Waals surface area contributed by atoms with Gasteiger partial charge in [-0.15, -0.1) is 0 Å². The van der Waals surface area contributed by atoms with E-state index >= 15 is 0 Å². The van der Waals surface area contributed by atoms with Gasteiger partial charge in [0.25, 0.3) is 0 Å². The predicted octanol–water partition coefficient (Wildman–Crippen LogP) is 3.34. The van der Waals surface area contributed by atoms with Gasteiger partial charge in [0.1, 0.15) is 17.2 Å². The minimum atomic E-state index is 0.278. The summed E-state index contributed by atoms with van der Waals surface area (Å²) in [5.41, 5.74) is 1.03. The minimum Gasteiger partial charge on any atom is -0.508 e. The number of para-hydroxylation sites is 1. The Hall–Kier alpha value is -2.00. The Balaban J connectivity index is 2.14. The summed E-state index contributed by atoms with van der Waals surface area (Å²) in [5, 5.41) is 12.7. The number of ether oxygens (including phenoxy) is 1. The molecule has 2 aromatic carbocycles. The van der Waals surface area contributed by atoms with Gasteiger partial charge in [0.15, 0.2) is 0 Å². The topological polar surface area (TPSA) is 41.5 Å². The molecule has 3 heteroatoms.